The summed E-state index contributed by atoms with van der Waals surface area (Å²) in [6.07, 6.45) is 5.89. The summed E-state index contributed by atoms with van der Waals surface area (Å²) in [6.45, 7) is 5.10. The lowest BCUT2D eigenvalue weighted by Crippen LogP contribution is -2.35. The standard InChI is InChI=1S/C13H20N2OS/c1-3-10(4-2)13(16)15-8-5-6-11(15)12-14-7-9-17-12/h7,9-11H,3-6,8H2,1-2H3. The third kappa shape index (κ3) is 2.51. The minimum atomic E-state index is 0.190. The van der Waals surface area contributed by atoms with Crippen LogP contribution in [0.4, 0.5) is 0 Å². The Kier molecular flexibility index (Phi) is 4.15. The van der Waals surface area contributed by atoms with Crippen LogP contribution in [-0.2, 0) is 4.79 Å². The highest BCUT2D eigenvalue weighted by Crippen LogP contribution is 2.34. The largest absolute Gasteiger partial charge is 0.333 e. The van der Waals surface area contributed by atoms with E-state index in [1.165, 1.54) is 0 Å². The van der Waals surface area contributed by atoms with E-state index in [-0.39, 0.29) is 12.0 Å². The van der Waals surface area contributed by atoms with Gasteiger partial charge in [-0.3, -0.25) is 4.79 Å². The topological polar surface area (TPSA) is 33.2 Å². The second-order valence-corrected chi connectivity index (χ2v) is 5.50. The van der Waals surface area contributed by atoms with Crippen molar-refractivity contribution in [3.05, 3.63) is 16.6 Å². The van der Waals surface area contributed by atoms with Crippen LogP contribution in [0.25, 0.3) is 0 Å². The van der Waals surface area contributed by atoms with Gasteiger partial charge in [0, 0.05) is 24.0 Å². The van der Waals surface area contributed by atoms with Crippen molar-refractivity contribution in [3.63, 3.8) is 0 Å². The summed E-state index contributed by atoms with van der Waals surface area (Å²) in [7, 11) is 0. The van der Waals surface area contributed by atoms with E-state index in [9.17, 15) is 4.79 Å². The first kappa shape index (κ1) is 12.6. The molecular formula is C13H20N2OS. The molecule has 1 atom stereocenters. The zero-order valence-electron chi connectivity index (χ0n) is 10.6. The minimum Gasteiger partial charge on any atom is -0.333 e. The molecule has 0 bridgehead atoms. The molecule has 1 fully saturated rings. The average molecular weight is 252 g/mol. The van der Waals surface area contributed by atoms with Gasteiger partial charge in [0.15, 0.2) is 0 Å². The van der Waals surface area contributed by atoms with Gasteiger partial charge in [-0.25, -0.2) is 4.98 Å². The maximum atomic E-state index is 12.4. The summed E-state index contributed by atoms with van der Waals surface area (Å²) >= 11 is 1.66. The third-order valence-corrected chi connectivity index (χ3v) is 4.48. The van der Waals surface area contributed by atoms with Crippen LogP contribution >= 0.6 is 11.3 Å². The van der Waals surface area contributed by atoms with Crippen molar-refractivity contribution in [2.24, 2.45) is 5.92 Å². The number of nitrogens with zero attached hydrogens (tertiary/aromatic N) is 2. The third-order valence-electron chi connectivity index (χ3n) is 3.61. The molecule has 3 nitrogen and oxygen atoms in total. The fourth-order valence-corrected chi connectivity index (χ4v) is 3.34. The predicted molar refractivity (Wildman–Crippen MR) is 69.9 cm³/mol. The lowest BCUT2D eigenvalue weighted by atomic mass is 10.0. The fraction of sp³-hybridized carbons (Fsp3) is 0.692. The number of carbonyl (C=O) groups is 1. The van der Waals surface area contributed by atoms with E-state index < -0.39 is 0 Å². The summed E-state index contributed by atoms with van der Waals surface area (Å²) < 4.78 is 0. The van der Waals surface area contributed by atoms with Gasteiger partial charge < -0.3 is 4.90 Å². The van der Waals surface area contributed by atoms with Crippen molar-refractivity contribution in [1.29, 1.82) is 0 Å². The molecule has 0 N–H and O–H groups in total. The van der Waals surface area contributed by atoms with Crippen LogP contribution in [0.5, 0.6) is 0 Å². The Morgan fingerprint density at radius 1 is 1.59 bits per heavy atom. The Labute approximate surface area is 107 Å². The molecule has 1 amide bonds. The van der Waals surface area contributed by atoms with Crippen LogP contribution in [0.2, 0.25) is 0 Å². The van der Waals surface area contributed by atoms with E-state index in [0.29, 0.717) is 5.91 Å². The van der Waals surface area contributed by atoms with Crippen molar-refractivity contribution in [3.8, 4) is 0 Å². The molecule has 1 aromatic heterocycles. The minimum absolute atomic E-state index is 0.190. The Hall–Kier alpha value is -0.900. The van der Waals surface area contributed by atoms with E-state index in [4.69, 9.17) is 0 Å². The SMILES string of the molecule is CCC(CC)C(=O)N1CCCC1c1nccs1. The van der Waals surface area contributed by atoms with Gasteiger partial charge in [-0.05, 0) is 25.7 Å². The van der Waals surface area contributed by atoms with Crippen molar-refractivity contribution in [1.82, 2.24) is 9.88 Å². The van der Waals surface area contributed by atoms with Crippen LogP contribution < -0.4 is 0 Å². The summed E-state index contributed by atoms with van der Waals surface area (Å²) in [6, 6.07) is 0.239. The number of carbonyl (C=O) groups excluding carboxylic acids is 1. The highest BCUT2D eigenvalue weighted by atomic mass is 32.1. The number of amides is 1. The summed E-state index contributed by atoms with van der Waals surface area (Å²) in [5.41, 5.74) is 0. The molecular weight excluding hydrogens is 232 g/mol. The molecule has 0 saturated carbocycles. The number of rotatable bonds is 4. The number of thiazole rings is 1. The lowest BCUT2D eigenvalue weighted by molar-refractivity contribution is -0.136. The molecule has 2 rings (SSSR count). The van der Waals surface area contributed by atoms with Crippen LogP contribution in [0, 0.1) is 5.92 Å². The molecule has 1 unspecified atom stereocenters. The van der Waals surface area contributed by atoms with Gasteiger partial charge in [0.25, 0.3) is 0 Å². The van der Waals surface area contributed by atoms with E-state index in [2.05, 4.69) is 23.7 Å². The van der Waals surface area contributed by atoms with Crippen LogP contribution in [0.15, 0.2) is 11.6 Å². The van der Waals surface area contributed by atoms with E-state index >= 15 is 0 Å². The van der Waals surface area contributed by atoms with Gasteiger partial charge in [0.1, 0.15) is 5.01 Å². The van der Waals surface area contributed by atoms with Gasteiger partial charge in [0.2, 0.25) is 5.91 Å². The van der Waals surface area contributed by atoms with Crippen LogP contribution in [0.3, 0.4) is 0 Å². The first-order chi connectivity index (χ1) is 8.27. The Morgan fingerprint density at radius 3 is 2.94 bits per heavy atom. The summed E-state index contributed by atoms with van der Waals surface area (Å²) in [5, 5.41) is 3.09. The number of likely N-dealkylation sites (tertiary alicyclic amines) is 1. The number of hydrogen-bond donors (Lipinski definition) is 0. The summed E-state index contributed by atoms with van der Waals surface area (Å²) in [5.74, 6) is 0.517. The van der Waals surface area contributed by atoms with Gasteiger partial charge in [-0.1, -0.05) is 13.8 Å². The first-order valence-corrected chi connectivity index (χ1v) is 7.35. The zero-order valence-corrected chi connectivity index (χ0v) is 11.4. The molecule has 1 aromatic rings. The van der Waals surface area contributed by atoms with Gasteiger partial charge in [-0.2, -0.15) is 0 Å². The molecule has 1 saturated heterocycles. The van der Waals surface area contributed by atoms with Gasteiger partial charge >= 0.3 is 0 Å². The maximum absolute atomic E-state index is 12.4. The molecule has 94 valence electrons. The number of hydrogen-bond acceptors (Lipinski definition) is 3. The average Bonchev–Trinajstić information content (AvgIpc) is 3.01. The Balaban J connectivity index is 2.12. The molecule has 0 spiro atoms. The predicted octanol–water partition coefficient (Wildman–Crippen LogP) is 3.24. The maximum Gasteiger partial charge on any atom is 0.226 e. The quantitative estimate of drug-likeness (QED) is 0.824. The highest BCUT2D eigenvalue weighted by Gasteiger charge is 2.33. The first-order valence-electron chi connectivity index (χ1n) is 6.47. The molecule has 1 aliphatic heterocycles. The monoisotopic (exact) mass is 252 g/mol. The van der Waals surface area contributed by atoms with E-state index in [1.54, 1.807) is 11.3 Å². The lowest BCUT2D eigenvalue weighted by Gasteiger charge is -2.26. The molecule has 0 radical (unpaired) electrons. The van der Waals surface area contributed by atoms with Crippen molar-refractivity contribution in [2.45, 2.75) is 45.6 Å². The van der Waals surface area contributed by atoms with Crippen molar-refractivity contribution < 1.29 is 4.79 Å². The van der Waals surface area contributed by atoms with E-state index in [0.717, 1.165) is 37.2 Å². The molecule has 2 heterocycles. The second kappa shape index (κ2) is 5.63. The van der Waals surface area contributed by atoms with Gasteiger partial charge in [-0.15, -0.1) is 11.3 Å². The molecule has 1 aliphatic rings. The fourth-order valence-electron chi connectivity index (χ4n) is 2.56. The molecule has 17 heavy (non-hydrogen) atoms. The van der Waals surface area contributed by atoms with Crippen molar-refractivity contribution in [2.75, 3.05) is 6.54 Å². The van der Waals surface area contributed by atoms with Crippen LogP contribution in [-0.4, -0.2) is 22.3 Å². The smallest absolute Gasteiger partial charge is 0.226 e. The highest BCUT2D eigenvalue weighted by molar-refractivity contribution is 7.09. The van der Waals surface area contributed by atoms with E-state index in [1.807, 2.05) is 11.6 Å². The van der Waals surface area contributed by atoms with Crippen LogP contribution in [0.1, 0.15) is 50.6 Å². The second-order valence-electron chi connectivity index (χ2n) is 4.57. The summed E-state index contributed by atoms with van der Waals surface area (Å²) in [4.78, 5) is 18.8. The van der Waals surface area contributed by atoms with Gasteiger partial charge in [0.05, 0.1) is 6.04 Å². The van der Waals surface area contributed by atoms with Crippen molar-refractivity contribution >= 4 is 17.2 Å². The zero-order chi connectivity index (χ0) is 12.3. The Bertz CT molecular complexity index is 360. The molecule has 0 aromatic carbocycles. The normalized spacial score (nSPS) is 20.2. The number of aromatic nitrogens is 1. The Morgan fingerprint density at radius 2 is 2.35 bits per heavy atom. The molecule has 4 heteroatoms. The molecule has 0 aliphatic carbocycles.